The third-order valence-corrected chi connectivity index (χ3v) is 7.19. The largest absolute Gasteiger partial charge is 0.351 e. The molecule has 0 radical (unpaired) electrons. The van der Waals surface area contributed by atoms with E-state index in [0.717, 1.165) is 65.9 Å². The van der Waals surface area contributed by atoms with E-state index in [2.05, 4.69) is 42.6 Å². The van der Waals surface area contributed by atoms with Gasteiger partial charge in [0, 0.05) is 42.1 Å². The molecule has 0 amide bonds. The number of hydrogen-bond donors (Lipinski definition) is 2. The van der Waals surface area contributed by atoms with E-state index < -0.39 is 11.8 Å². The lowest BCUT2D eigenvalue weighted by atomic mass is 9.97. The average Bonchev–Trinajstić information content (AvgIpc) is 3.49. The highest BCUT2D eigenvalue weighted by Gasteiger charge is 2.39. The number of anilines is 3. The second kappa shape index (κ2) is 8.67. The lowest BCUT2D eigenvalue weighted by molar-refractivity contribution is 0.564. The van der Waals surface area contributed by atoms with Crippen molar-refractivity contribution < 1.29 is 8.78 Å². The number of halogens is 2. The fraction of sp³-hybridized carbons (Fsp3) is 0.222. The van der Waals surface area contributed by atoms with Gasteiger partial charge in [-0.3, -0.25) is 4.98 Å². The fourth-order valence-corrected chi connectivity index (χ4v) is 5.39. The lowest BCUT2D eigenvalue weighted by Gasteiger charge is -2.27. The number of rotatable bonds is 5. The van der Waals surface area contributed by atoms with Crippen LogP contribution in [0.25, 0.3) is 27.9 Å². The van der Waals surface area contributed by atoms with Crippen LogP contribution in [0.5, 0.6) is 0 Å². The van der Waals surface area contributed by atoms with Gasteiger partial charge in [0.25, 0.3) is 0 Å². The lowest BCUT2D eigenvalue weighted by Crippen LogP contribution is -2.35. The first-order valence-electron chi connectivity index (χ1n) is 12.2. The second-order valence-electron chi connectivity index (χ2n) is 9.35. The van der Waals surface area contributed by atoms with Gasteiger partial charge in [-0.15, -0.1) is 0 Å². The van der Waals surface area contributed by atoms with Crippen molar-refractivity contribution in [2.75, 3.05) is 23.3 Å². The van der Waals surface area contributed by atoms with Crippen LogP contribution < -0.4 is 15.5 Å². The molecule has 0 spiro atoms. The number of fused-ring (bicyclic) bond motifs is 2. The molecule has 7 rings (SSSR count). The molecule has 2 unspecified atom stereocenters. The highest BCUT2D eigenvalue weighted by molar-refractivity contribution is 6.02. The minimum Gasteiger partial charge on any atom is -0.351 e. The van der Waals surface area contributed by atoms with E-state index >= 15 is 0 Å². The molecule has 6 heterocycles. The molecule has 2 atom stereocenters. The van der Waals surface area contributed by atoms with Gasteiger partial charge in [0.15, 0.2) is 17.5 Å². The van der Waals surface area contributed by atoms with Gasteiger partial charge in [-0.25, -0.2) is 19.3 Å². The van der Waals surface area contributed by atoms with Crippen molar-refractivity contribution in [3.8, 4) is 11.4 Å². The smallest absolute Gasteiger partial charge is 0.214 e. The molecule has 4 aromatic rings. The minimum absolute atomic E-state index is 0.239. The number of hydrogen-bond acceptors (Lipinski definition) is 8. The van der Waals surface area contributed by atoms with Crippen LogP contribution in [-0.4, -0.2) is 50.1 Å². The Morgan fingerprint density at radius 3 is 2.84 bits per heavy atom. The summed E-state index contributed by atoms with van der Waals surface area (Å²) in [5.41, 5.74) is 3.56. The maximum absolute atomic E-state index is 14.2. The van der Waals surface area contributed by atoms with Gasteiger partial charge in [0.1, 0.15) is 11.6 Å². The van der Waals surface area contributed by atoms with Gasteiger partial charge in [-0.1, -0.05) is 18.2 Å². The van der Waals surface area contributed by atoms with Crippen molar-refractivity contribution >= 4 is 33.9 Å². The molecular formula is C27H22F2N8. The Labute approximate surface area is 211 Å². The Bertz CT molecular complexity index is 1600. The Kier molecular flexibility index (Phi) is 5.14. The molecule has 184 valence electrons. The molecule has 0 bridgehead atoms. The first kappa shape index (κ1) is 21.9. The van der Waals surface area contributed by atoms with Crippen molar-refractivity contribution in [2.45, 2.75) is 24.9 Å². The summed E-state index contributed by atoms with van der Waals surface area (Å²) in [5, 5.41) is 7.36. The predicted molar refractivity (Wildman–Crippen MR) is 137 cm³/mol. The van der Waals surface area contributed by atoms with Crippen LogP contribution in [0.4, 0.5) is 26.2 Å². The first-order chi connectivity index (χ1) is 18.1. The van der Waals surface area contributed by atoms with Crippen molar-refractivity contribution in [1.82, 2.24) is 30.2 Å². The quantitative estimate of drug-likeness (QED) is 0.393. The standard InChI is InChI=1S/C27H22F2N8/c28-18-4-5-22(29)34-26(18)35-23-12-16(6-9-32-23)25-33-20-14-30-13-17(15-2-1-3-15)24(20)27(36-25)37-11-8-19-21(37)7-10-31-19/h1-6,9,12-14,19,21,31H,7-8,10-11H2,(H,32,34,35). The minimum atomic E-state index is -0.785. The topological polar surface area (TPSA) is 91.8 Å². The molecule has 2 saturated heterocycles. The fourth-order valence-electron chi connectivity index (χ4n) is 5.39. The summed E-state index contributed by atoms with van der Waals surface area (Å²) >= 11 is 0. The molecule has 4 aromatic heterocycles. The van der Waals surface area contributed by atoms with Crippen LogP contribution >= 0.6 is 0 Å². The van der Waals surface area contributed by atoms with E-state index in [0.29, 0.717) is 29.3 Å². The number of aromatic nitrogens is 5. The third kappa shape index (κ3) is 3.80. The molecular weight excluding hydrogens is 474 g/mol. The Hall–Kier alpha value is -4.31. The van der Waals surface area contributed by atoms with Crippen LogP contribution in [0.15, 0.2) is 61.1 Å². The summed E-state index contributed by atoms with van der Waals surface area (Å²) in [5.74, 6) is -0.00173. The molecule has 0 aromatic carbocycles. The van der Waals surface area contributed by atoms with Crippen LogP contribution in [0.2, 0.25) is 0 Å². The molecule has 8 nitrogen and oxygen atoms in total. The van der Waals surface area contributed by atoms with E-state index in [-0.39, 0.29) is 5.82 Å². The average molecular weight is 497 g/mol. The second-order valence-corrected chi connectivity index (χ2v) is 9.35. The van der Waals surface area contributed by atoms with Crippen LogP contribution in [0.3, 0.4) is 0 Å². The van der Waals surface area contributed by atoms with Crippen molar-refractivity contribution in [1.29, 1.82) is 0 Å². The van der Waals surface area contributed by atoms with Gasteiger partial charge in [-0.2, -0.15) is 9.37 Å². The van der Waals surface area contributed by atoms with E-state index in [1.165, 1.54) is 0 Å². The van der Waals surface area contributed by atoms with E-state index in [1.54, 1.807) is 24.5 Å². The van der Waals surface area contributed by atoms with Crippen LogP contribution in [-0.2, 0) is 0 Å². The van der Waals surface area contributed by atoms with Gasteiger partial charge in [-0.05, 0) is 49.2 Å². The van der Waals surface area contributed by atoms with E-state index in [9.17, 15) is 8.78 Å². The van der Waals surface area contributed by atoms with Gasteiger partial charge < -0.3 is 15.5 Å². The Morgan fingerprint density at radius 1 is 1.05 bits per heavy atom. The normalized spacial score (nSPS) is 20.2. The highest BCUT2D eigenvalue weighted by Crippen LogP contribution is 2.39. The van der Waals surface area contributed by atoms with E-state index in [1.807, 2.05) is 12.3 Å². The number of nitrogens with one attached hydrogen (secondary N) is 2. The molecule has 2 aliphatic heterocycles. The maximum atomic E-state index is 14.2. The number of pyridine rings is 3. The monoisotopic (exact) mass is 496 g/mol. The summed E-state index contributed by atoms with van der Waals surface area (Å²) < 4.78 is 27.7. The van der Waals surface area contributed by atoms with Crippen LogP contribution in [0, 0.1) is 11.8 Å². The summed E-state index contributed by atoms with van der Waals surface area (Å²) in [6, 6.07) is 6.31. The molecule has 37 heavy (non-hydrogen) atoms. The third-order valence-electron chi connectivity index (χ3n) is 7.19. The van der Waals surface area contributed by atoms with Gasteiger partial charge >= 0.3 is 0 Å². The molecule has 10 heteroatoms. The van der Waals surface area contributed by atoms with Crippen molar-refractivity contribution in [3.63, 3.8) is 0 Å². The van der Waals surface area contributed by atoms with Gasteiger partial charge in [0.2, 0.25) is 5.95 Å². The van der Waals surface area contributed by atoms with Gasteiger partial charge in [0.05, 0.1) is 17.1 Å². The molecule has 2 fully saturated rings. The SMILES string of the molecule is Fc1ccc(F)c(Nc2cc(-c3nc(N4CCC5NCCC54)c4c(C5=CC=C5)cncc4n3)ccn2)n1. The Balaban J connectivity index is 1.35. The molecule has 3 aliphatic rings. The molecule has 2 N–H and O–H groups in total. The zero-order chi connectivity index (χ0) is 24.9. The summed E-state index contributed by atoms with van der Waals surface area (Å²) in [6.45, 7) is 1.90. The Morgan fingerprint density at radius 2 is 1.97 bits per heavy atom. The maximum Gasteiger partial charge on any atom is 0.214 e. The molecule has 0 saturated carbocycles. The number of allylic oxidation sites excluding steroid dienone is 4. The van der Waals surface area contributed by atoms with Crippen molar-refractivity contribution in [2.24, 2.45) is 0 Å². The van der Waals surface area contributed by atoms with Crippen LogP contribution in [0.1, 0.15) is 18.4 Å². The summed E-state index contributed by atoms with van der Waals surface area (Å²) in [7, 11) is 0. The zero-order valence-electron chi connectivity index (χ0n) is 19.7. The highest BCUT2D eigenvalue weighted by atomic mass is 19.1. The molecule has 1 aliphatic carbocycles. The first-order valence-corrected chi connectivity index (χ1v) is 12.2. The zero-order valence-corrected chi connectivity index (χ0v) is 19.7. The number of nitrogens with zero attached hydrogens (tertiary/aromatic N) is 6. The summed E-state index contributed by atoms with van der Waals surface area (Å²) in [4.78, 5) is 24.7. The summed E-state index contributed by atoms with van der Waals surface area (Å²) in [6.07, 6.45) is 13.5. The predicted octanol–water partition coefficient (Wildman–Crippen LogP) is 4.40. The van der Waals surface area contributed by atoms with Crippen molar-refractivity contribution in [3.05, 3.63) is 78.4 Å². The van der Waals surface area contributed by atoms with E-state index in [4.69, 9.17) is 9.97 Å².